The summed E-state index contributed by atoms with van der Waals surface area (Å²) >= 11 is 0. The lowest BCUT2D eigenvalue weighted by atomic mass is 9.97. The van der Waals surface area contributed by atoms with E-state index in [0.29, 0.717) is 19.6 Å². The number of halogens is 2. The Hall–Kier alpha value is -2.02. The number of rotatable bonds is 5. The van der Waals surface area contributed by atoms with Gasteiger partial charge in [-0.3, -0.25) is 9.59 Å². The minimum Gasteiger partial charge on any atom is -0.354 e. The number of likely N-dealkylation sites (tertiary alicyclic amines) is 1. The molecule has 2 atom stereocenters. The molecule has 2 aliphatic rings. The molecule has 2 fully saturated rings. The van der Waals surface area contributed by atoms with Gasteiger partial charge in [-0.15, -0.1) is 0 Å². The fraction of sp³-hybridized carbons (Fsp3) is 0.579. The highest BCUT2D eigenvalue weighted by molar-refractivity contribution is 5.82. The van der Waals surface area contributed by atoms with Gasteiger partial charge >= 0.3 is 0 Å². The van der Waals surface area contributed by atoms with Crippen LogP contribution in [0.15, 0.2) is 18.2 Å². The topological polar surface area (TPSA) is 61.4 Å². The van der Waals surface area contributed by atoms with Crippen molar-refractivity contribution in [2.75, 3.05) is 26.2 Å². The maximum Gasteiger partial charge on any atom is 0.237 e. The van der Waals surface area contributed by atoms with Crippen LogP contribution in [0, 0.1) is 17.6 Å². The summed E-state index contributed by atoms with van der Waals surface area (Å²) in [6.45, 7) is 2.56. The van der Waals surface area contributed by atoms with Crippen LogP contribution in [0.5, 0.6) is 0 Å². The summed E-state index contributed by atoms with van der Waals surface area (Å²) in [5, 5.41) is 6.14. The highest BCUT2D eigenvalue weighted by Gasteiger charge is 2.26. The van der Waals surface area contributed by atoms with E-state index in [1.807, 2.05) is 0 Å². The minimum absolute atomic E-state index is 0.0211. The van der Waals surface area contributed by atoms with E-state index in [2.05, 4.69) is 10.6 Å². The highest BCUT2D eigenvalue weighted by atomic mass is 19.1. The van der Waals surface area contributed by atoms with Crippen LogP contribution < -0.4 is 10.6 Å². The maximum atomic E-state index is 13.7. The molecule has 1 aromatic carbocycles. The molecule has 2 amide bonds. The Kier molecular flexibility index (Phi) is 6.19. The molecule has 5 nitrogen and oxygen atoms in total. The Labute approximate surface area is 152 Å². The molecule has 0 bridgehead atoms. The van der Waals surface area contributed by atoms with Gasteiger partial charge in [-0.05, 0) is 56.3 Å². The maximum absolute atomic E-state index is 13.7. The Balaban J connectivity index is 1.50. The predicted octanol–water partition coefficient (Wildman–Crippen LogP) is 1.61. The van der Waals surface area contributed by atoms with Gasteiger partial charge < -0.3 is 15.5 Å². The van der Waals surface area contributed by atoms with Crippen molar-refractivity contribution in [2.24, 2.45) is 5.92 Å². The lowest BCUT2D eigenvalue weighted by molar-refractivity contribution is -0.132. The number of hydrogen-bond acceptors (Lipinski definition) is 3. The highest BCUT2D eigenvalue weighted by Crippen LogP contribution is 2.18. The van der Waals surface area contributed by atoms with Crippen LogP contribution in [0.25, 0.3) is 0 Å². The molecule has 2 saturated heterocycles. The molecule has 1 aromatic rings. The van der Waals surface area contributed by atoms with E-state index in [-0.39, 0.29) is 35.8 Å². The SMILES string of the molecule is O=C(NCC1CCCN(C(=O)Cc2cc(F)ccc2F)C1)C1CCCN1. The number of amides is 2. The molecular formula is C19H25F2N3O2. The fourth-order valence-electron chi connectivity index (χ4n) is 3.69. The van der Waals surface area contributed by atoms with Crippen LogP contribution in [0.2, 0.25) is 0 Å². The monoisotopic (exact) mass is 365 g/mol. The smallest absolute Gasteiger partial charge is 0.237 e. The Bertz CT molecular complexity index is 662. The second-order valence-electron chi connectivity index (χ2n) is 7.15. The largest absolute Gasteiger partial charge is 0.354 e. The minimum atomic E-state index is -0.565. The van der Waals surface area contributed by atoms with Crippen LogP contribution in [-0.4, -0.2) is 48.9 Å². The van der Waals surface area contributed by atoms with Crippen molar-refractivity contribution in [1.82, 2.24) is 15.5 Å². The molecule has 7 heteroatoms. The van der Waals surface area contributed by atoms with E-state index >= 15 is 0 Å². The fourth-order valence-corrected chi connectivity index (χ4v) is 3.69. The molecule has 0 spiro atoms. The third-order valence-corrected chi connectivity index (χ3v) is 5.16. The molecule has 0 saturated carbocycles. The number of carbonyl (C=O) groups is 2. The third kappa shape index (κ3) is 4.78. The van der Waals surface area contributed by atoms with Gasteiger partial charge in [0.15, 0.2) is 0 Å². The average molecular weight is 365 g/mol. The average Bonchev–Trinajstić information content (AvgIpc) is 3.18. The van der Waals surface area contributed by atoms with Crippen molar-refractivity contribution in [2.45, 2.75) is 38.1 Å². The number of carbonyl (C=O) groups excluding carboxylic acids is 2. The molecule has 2 unspecified atom stereocenters. The third-order valence-electron chi connectivity index (χ3n) is 5.16. The van der Waals surface area contributed by atoms with Gasteiger partial charge in [0.05, 0.1) is 12.5 Å². The van der Waals surface area contributed by atoms with Gasteiger partial charge in [0.25, 0.3) is 0 Å². The second-order valence-corrected chi connectivity index (χ2v) is 7.15. The van der Waals surface area contributed by atoms with Crippen LogP contribution in [0.3, 0.4) is 0 Å². The lowest BCUT2D eigenvalue weighted by Gasteiger charge is -2.33. The summed E-state index contributed by atoms with van der Waals surface area (Å²) in [5.41, 5.74) is 0.0812. The number of piperidine rings is 1. The molecule has 3 rings (SSSR count). The first-order valence-corrected chi connectivity index (χ1v) is 9.25. The zero-order valence-corrected chi connectivity index (χ0v) is 14.8. The van der Waals surface area contributed by atoms with E-state index in [9.17, 15) is 18.4 Å². The summed E-state index contributed by atoms with van der Waals surface area (Å²) in [4.78, 5) is 26.2. The predicted molar refractivity (Wildman–Crippen MR) is 93.4 cm³/mol. The molecule has 26 heavy (non-hydrogen) atoms. The molecule has 0 radical (unpaired) electrons. The summed E-state index contributed by atoms with van der Waals surface area (Å²) in [5.74, 6) is -1.11. The number of nitrogens with zero attached hydrogens (tertiary/aromatic N) is 1. The van der Waals surface area contributed by atoms with Gasteiger partial charge in [-0.2, -0.15) is 0 Å². The number of benzene rings is 1. The quantitative estimate of drug-likeness (QED) is 0.834. The lowest BCUT2D eigenvalue weighted by Crippen LogP contribution is -2.47. The zero-order valence-electron chi connectivity index (χ0n) is 14.8. The first-order chi connectivity index (χ1) is 12.5. The summed E-state index contributed by atoms with van der Waals surface area (Å²) in [6, 6.07) is 3.06. The second kappa shape index (κ2) is 8.58. The van der Waals surface area contributed by atoms with Crippen LogP contribution in [0.4, 0.5) is 8.78 Å². The van der Waals surface area contributed by atoms with Crippen LogP contribution in [-0.2, 0) is 16.0 Å². The molecule has 2 heterocycles. The molecule has 0 aliphatic carbocycles. The van der Waals surface area contributed by atoms with Gasteiger partial charge in [0, 0.05) is 25.2 Å². The molecule has 2 N–H and O–H groups in total. The number of nitrogens with one attached hydrogen (secondary N) is 2. The standard InChI is InChI=1S/C19H25F2N3O2/c20-15-5-6-16(21)14(9-15)10-18(25)24-8-2-3-13(12-24)11-23-19(26)17-4-1-7-22-17/h5-6,9,13,17,22H,1-4,7-8,10-12H2,(H,23,26). The summed E-state index contributed by atoms with van der Waals surface area (Å²) < 4.78 is 27.0. The van der Waals surface area contributed by atoms with Crippen molar-refractivity contribution in [3.05, 3.63) is 35.4 Å². The summed E-state index contributed by atoms with van der Waals surface area (Å²) in [6.07, 6.45) is 3.52. The van der Waals surface area contributed by atoms with Crippen molar-refractivity contribution in [3.63, 3.8) is 0 Å². The van der Waals surface area contributed by atoms with Gasteiger partial charge in [0.2, 0.25) is 11.8 Å². The molecule has 142 valence electrons. The van der Waals surface area contributed by atoms with Crippen molar-refractivity contribution in [3.8, 4) is 0 Å². The number of hydrogen-bond donors (Lipinski definition) is 2. The van der Waals surface area contributed by atoms with Crippen molar-refractivity contribution < 1.29 is 18.4 Å². The van der Waals surface area contributed by atoms with Crippen LogP contribution >= 0.6 is 0 Å². The van der Waals surface area contributed by atoms with Crippen LogP contribution in [0.1, 0.15) is 31.2 Å². The van der Waals surface area contributed by atoms with E-state index < -0.39 is 11.6 Å². The molecular weight excluding hydrogens is 340 g/mol. The van der Waals surface area contributed by atoms with E-state index in [4.69, 9.17) is 0 Å². The van der Waals surface area contributed by atoms with Gasteiger partial charge in [0.1, 0.15) is 11.6 Å². The molecule has 2 aliphatic heterocycles. The van der Waals surface area contributed by atoms with Crippen molar-refractivity contribution >= 4 is 11.8 Å². The van der Waals surface area contributed by atoms with E-state index in [0.717, 1.165) is 50.4 Å². The van der Waals surface area contributed by atoms with E-state index in [1.165, 1.54) is 0 Å². The zero-order chi connectivity index (χ0) is 18.5. The van der Waals surface area contributed by atoms with E-state index in [1.54, 1.807) is 4.90 Å². The van der Waals surface area contributed by atoms with Gasteiger partial charge in [-0.25, -0.2) is 8.78 Å². The Morgan fingerprint density at radius 3 is 2.85 bits per heavy atom. The van der Waals surface area contributed by atoms with Crippen molar-refractivity contribution in [1.29, 1.82) is 0 Å². The Morgan fingerprint density at radius 1 is 1.23 bits per heavy atom. The normalized spacial score (nSPS) is 23.1. The first kappa shape index (κ1) is 18.8. The van der Waals surface area contributed by atoms with Gasteiger partial charge in [-0.1, -0.05) is 0 Å². The first-order valence-electron chi connectivity index (χ1n) is 9.25. The Morgan fingerprint density at radius 2 is 2.08 bits per heavy atom. The summed E-state index contributed by atoms with van der Waals surface area (Å²) in [7, 11) is 0. The molecule has 0 aromatic heterocycles.